The summed E-state index contributed by atoms with van der Waals surface area (Å²) in [6.07, 6.45) is 0. The average Bonchev–Trinajstić information content (AvgIpc) is 3.00. The summed E-state index contributed by atoms with van der Waals surface area (Å²) in [4.78, 5) is 7.46. The maximum Gasteiger partial charge on any atom is 0.243 e. The van der Waals surface area contributed by atoms with Crippen LogP contribution in [0.4, 0.5) is 5.69 Å². The van der Waals surface area contributed by atoms with Gasteiger partial charge < -0.3 is 14.4 Å². The van der Waals surface area contributed by atoms with Crippen LogP contribution in [-0.2, 0) is 10.0 Å². The van der Waals surface area contributed by atoms with Crippen LogP contribution >= 0.6 is 0 Å². The van der Waals surface area contributed by atoms with Gasteiger partial charge in [-0.3, -0.25) is 0 Å². The predicted molar refractivity (Wildman–Crippen MR) is 137 cm³/mol. The zero-order chi connectivity index (χ0) is 24.7. The molecule has 1 saturated heterocycles. The van der Waals surface area contributed by atoms with E-state index >= 15 is 0 Å². The third-order valence-corrected chi connectivity index (χ3v) is 8.50. The minimum absolute atomic E-state index is 0.242. The number of fused-ring (bicyclic) bond motifs is 2. The van der Waals surface area contributed by atoms with E-state index in [0.717, 1.165) is 39.7 Å². The highest BCUT2D eigenvalue weighted by Crippen LogP contribution is 2.39. The maximum atomic E-state index is 13.4. The van der Waals surface area contributed by atoms with E-state index in [1.807, 2.05) is 51.1 Å². The number of aliphatic imine (C=N–C) groups is 1. The van der Waals surface area contributed by atoms with Gasteiger partial charge in [0.15, 0.2) is 5.75 Å². The number of amidine groups is 1. The van der Waals surface area contributed by atoms with E-state index in [0.29, 0.717) is 25.4 Å². The summed E-state index contributed by atoms with van der Waals surface area (Å²) >= 11 is 0. The molecule has 1 fully saturated rings. The fourth-order valence-corrected chi connectivity index (χ4v) is 6.22. The lowest BCUT2D eigenvalue weighted by atomic mass is 10.1. The quantitative estimate of drug-likeness (QED) is 0.522. The molecule has 0 spiro atoms. The van der Waals surface area contributed by atoms with E-state index < -0.39 is 10.0 Å². The molecule has 0 aliphatic carbocycles. The smallest absolute Gasteiger partial charge is 0.243 e. The minimum atomic E-state index is -3.63. The number of hydrogen-bond donors (Lipinski definition) is 0. The van der Waals surface area contributed by atoms with Gasteiger partial charge in [-0.05, 0) is 74.9 Å². The molecule has 7 nitrogen and oxygen atoms in total. The van der Waals surface area contributed by atoms with Crippen molar-refractivity contribution in [1.82, 2.24) is 9.21 Å². The van der Waals surface area contributed by atoms with Crippen LogP contribution in [0.1, 0.15) is 23.6 Å². The van der Waals surface area contributed by atoms with Crippen LogP contribution in [0.2, 0.25) is 0 Å². The normalized spacial score (nSPS) is 18.1. The van der Waals surface area contributed by atoms with Gasteiger partial charge in [0.2, 0.25) is 10.0 Å². The Labute approximate surface area is 206 Å². The van der Waals surface area contributed by atoms with Crippen molar-refractivity contribution in [2.75, 3.05) is 26.7 Å². The third-order valence-electron chi connectivity index (χ3n) is 6.47. The first-order valence-corrected chi connectivity index (χ1v) is 13.1. The van der Waals surface area contributed by atoms with Crippen molar-refractivity contribution in [3.05, 3.63) is 77.4 Å². The van der Waals surface area contributed by atoms with Crippen LogP contribution in [0.15, 0.2) is 70.6 Å². The molecule has 182 valence electrons. The van der Waals surface area contributed by atoms with Crippen molar-refractivity contribution in [3.8, 4) is 17.2 Å². The zero-order valence-corrected chi connectivity index (χ0v) is 21.2. The zero-order valence-electron chi connectivity index (χ0n) is 20.4. The van der Waals surface area contributed by atoms with Gasteiger partial charge in [0, 0.05) is 25.7 Å². The number of ether oxygens (including phenoxy) is 2. The summed E-state index contributed by atoms with van der Waals surface area (Å²) in [6, 6.07) is 18.4. The number of methoxy groups -OCH3 is 1. The number of aryl methyl sites for hydroxylation is 2. The third kappa shape index (κ3) is 4.39. The first-order valence-electron chi connectivity index (χ1n) is 11.7. The van der Waals surface area contributed by atoms with Crippen LogP contribution in [0, 0.1) is 13.8 Å². The van der Waals surface area contributed by atoms with Crippen LogP contribution in [0.3, 0.4) is 0 Å². The summed E-state index contributed by atoms with van der Waals surface area (Å²) in [5.74, 6) is 2.90. The predicted octanol–water partition coefficient (Wildman–Crippen LogP) is 4.89. The number of rotatable bonds is 3. The first kappa shape index (κ1) is 23.4. The minimum Gasteiger partial charge on any atom is -0.497 e. The first-order chi connectivity index (χ1) is 16.8. The van der Waals surface area contributed by atoms with Gasteiger partial charge >= 0.3 is 0 Å². The van der Waals surface area contributed by atoms with Crippen LogP contribution in [-0.4, -0.2) is 56.2 Å². The van der Waals surface area contributed by atoms with Crippen molar-refractivity contribution < 1.29 is 17.9 Å². The second-order valence-electron chi connectivity index (χ2n) is 9.09. The molecule has 0 N–H and O–H groups in total. The van der Waals surface area contributed by atoms with Gasteiger partial charge in [-0.1, -0.05) is 17.7 Å². The standard InChI is InChI=1S/C27H29N3O4S/c1-18-6-12-25-23(15-18)27(28-24-11-5-19(2)16-26(24)34-25)29-13-14-30(20(3)17-29)35(31,32)22-9-7-21(33-4)8-10-22/h5-12,15-16,20H,13-14,17H2,1-4H3/t20-/m0/s1. The Bertz CT molecular complexity index is 1400. The number of piperazine rings is 1. The molecular formula is C27H29N3O4S. The molecule has 0 amide bonds. The number of sulfonamides is 1. The summed E-state index contributed by atoms with van der Waals surface area (Å²) in [5.41, 5.74) is 3.89. The Balaban J connectivity index is 1.47. The molecule has 1 atom stereocenters. The van der Waals surface area contributed by atoms with Crippen LogP contribution in [0.25, 0.3) is 0 Å². The molecule has 2 heterocycles. The summed E-state index contributed by atoms with van der Waals surface area (Å²) in [7, 11) is -2.07. The molecule has 0 bridgehead atoms. The van der Waals surface area contributed by atoms with E-state index in [1.165, 1.54) is 0 Å². The molecule has 8 heteroatoms. The average molecular weight is 492 g/mol. The molecule has 2 aliphatic rings. The van der Waals surface area contributed by atoms with Gasteiger partial charge in [0.05, 0.1) is 17.6 Å². The highest BCUT2D eigenvalue weighted by atomic mass is 32.2. The topological polar surface area (TPSA) is 71.4 Å². The summed E-state index contributed by atoms with van der Waals surface area (Å²) in [5, 5.41) is 0. The molecule has 35 heavy (non-hydrogen) atoms. The number of nitrogens with zero attached hydrogens (tertiary/aromatic N) is 3. The lowest BCUT2D eigenvalue weighted by Gasteiger charge is -2.40. The second-order valence-corrected chi connectivity index (χ2v) is 11.0. The molecule has 5 rings (SSSR count). The fraction of sp³-hybridized carbons (Fsp3) is 0.296. The Morgan fingerprint density at radius 1 is 0.943 bits per heavy atom. The van der Waals surface area contributed by atoms with E-state index in [4.69, 9.17) is 14.5 Å². The Hall–Kier alpha value is -3.36. The van der Waals surface area contributed by atoms with Gasteiger partial charge in [-0.15, -0.1) is 0 Å². The van der Waals surface area contributed by atoms with Crippen molar-refractivity contribution >= 4 is 21.5 Å². The second kappa shape index (κ2) is 9.02. The van der Waals surface area contributed by atoms with Gasteiger partial charge in [-0.25, -0.2) is 13.4 Å². The number of benzene rings is 3. The highest BCUT2D eigenvalue weighted by molar-refractivity contribution is 7.89. The Morgan fingerprint density at radius 3 is 2.37 bits per heavy atom. The van der Waals surface area contributed by atoms with E-state index in [2.05, 4.69) is 11.0 Å². The van der Waals surface area contributed by atoms with Crippen LogP contribution < -0.4 is 9.47 Å². The molecule has 0 aromatic heterocycles. The molecule has 0 radical (unpaired) electrons. The lowest BCUT2D eigenvalue weighted by Crippen LogP contribution is -2.55. The Kier molecular flexibility index (Phi) is 6.02. The fourth-order valence-electron chi connectivity index (χ4n) is 4.61. The van der Waals surface area contributed by atoms with Crippen LogP contribution in [0.5, 0.6) is 17.2 Å². The molecule has 2 aliphatic heterocycles. The van der Waals surface area contributed by atoms with Crippen molar-refractivity contribution in [2.24, 2.45) is 4.99 Å². The van der Waals surface area contributed by atoms with Gasteiger partial charge in [0.1, 0.15) is 23.0 Å². The maximum absolute atomic E-state index is 13.4. The van der Waals surface area contributed by atoms with Crippen molar-refractivity contribution in [3.63, 3.8) is 0 Å². The lowest BCUT2D eigenvalue weighted by molar-refractivity contribution is 0.205. The number of hydrogen-bond acceptors (Lipinski definition) is 6. The molecule has 3 aromatic carbocycles. The summed E-state index contributed by atoms with van der Waals surface area (Å²) in [6.45, 7) is 7.41. The highest BCUT2D eigenvalue weighted by Gasteiger charge is 2.36. The summed E-state index contributed by atoms with van der Waals surface area (Å²) < 4.78 is 39.8. The molecule has 3 aromatic rings. The van der Waals surface area contributed by atoms with E-state index in [9.17, 15) is 8.42 Å². The molecule has 0 saturated carbocycles. The van der Waals surface area contributed by atoms with Gasteiger partial charge in [-0.2, -0.15) is 4.31 Å². The Morgan fingerprint density at radius 2 is 1.66 bits per heavy atom. The SMILES string of the molecule is COc1ccc(S(=O)(=O)N2CCN(C3=Nc4ccc(C)cc4Oc4ccc(C)cc43)C[C@@H]2C)cc1. The molecular weight excluding hydrogens is 462 g/mol. The monoisotopic (exact) mass is 491 g/mol. The van der Waals surface area contributed by atoms with Crippen molar-refractivity contribution in [2.45, 2.75) is 31.7 Å². The van der Waals surface area contributed by atoms with Gasteiger partial charge in [0.25, 0.3) is 0 Å². The van der Waals surface area contributed by atoms with Crippen molar-refractivity contribution in [1.29, 1.82) is 0 Å². The van der Waals surface area contributed by atoms with E-state index in [-0.39, 0.29) is 10.9 Å². The van der Waals surface area contributed by atoms with E-state index in [1.54, 1.807) is 35.7 Å². The largest absolute Gasteiger partial charge is 0.497 e. The molecule has 0 unspecified atom stereocenters.